The van der Waals surface area contributed by atoms with Crippen molar-refractivity contribution in [2.24, 2.45) is 0 Å². The molecule has 2 aromatic rings. The van der Waals surface area contributed by atoms with E-state index in [-0.39, 0.29) is 11.8 Å². The first-order valence-corrected chi connectivity index (χ1v) is 6.08. The average molecular weight is 246 g/mol. The number of hydrogen-bond acceptors (Lipinski definition) is 3. The van der Waals surface area contributed by atoms with Gasteiger partial charge in [-0.2, -0.15) is 5.10 Å². The maximum Gasteiger partial charge on any atom is 0.336 e. The highest BCUT2D eigenvalue weighted by Gasteiger charge is 2.20. The lowest BCUT2D eigenvalue weighted by atomic mass is 10.1. The second-order valence-corrected chi connectivity index (χ2v) is 4.45. The molecule has 1 fully saturated rings. The van der Waals surface area contributed by atoms with Crippen LogP contribution in [-0.2, 0) is 4.74 Å². The van der Waals surface area contributed by atoms with Crippen molar-refractivity contribution in [3.8, 4) is 0 Å². The molecule has 0 spiro atoms. The third-order valence-electron chi connectivity index (χ3n) is 3.30. The summed E-state index contributed by atoms with van der Waals surface area (Å²) in [6, 6.07) is 5.22. The van der Waals surface area contributed by atoms with E-state index in [0.29, 0.717) is 5.39 Å². The molecule has 1 aliphatic heterocycles. The Morgan fingerprint density at radius 2 is 2.33 bits per heavy atom. The van der Waals surface area contributed by atoms with Crippen LogP contribution in [-0.4, -0.2) is 27.5 Å². The summed E-state index contributed by atoms with van der Waals surface area (Å²) in [6.07, 6.45) is 4.66. The molecular formula is C13H14N2O3. The molecule has 1 aliphatic rings. The highest BCUT2D eigenvalue weighted by Crippen LogP contribution is 2.27. The zero-order chi connectivity index (χ0) is 12.5. The first-order valence-electron chi connectivity index (χ1n) is 6.08. The molecule has 3 rings (SSSR count). The number of ether oxygens (including phenoxy) is 1. The summed E-state index contributed by atoms with van der Waals surface area (Å²) in [4.78, 5) is 11.1. The number of rotatable bonds is 2. The van der Waals surface area contributed by atoms with Crippen molar-refractivity contribution >= 4 is 16.9 Å². The van der Waals surface area contributed by atoms with Gasteiger partial charge in [0, 0.05) is 12.0 Å². The van der Waals surface area contributed by atoms with Crippen LogP contribution < -0.4 is 0 Å². The molecule has 0 saturated carbocycles. The van der Waals surface area contributed by atoms with Gasteiger partial charge < -0.3 is 9.84 Å². The van der Waals surface area contributed by atoms with Gasteiger partial charge in [0.1, 0.15) is 0 Å². The highest BCUT2D eigenvalue weighted by molar-refractivity contribution is 6.02. The zero-order valence-corrected chi connectivity index (χ0v) is 9.87. The van der Waals surface area contributed by atoms with Crippen LogP contribution in [0.15, 0.2) is 24.4 Å². The minimum Gasteiger partial charge on any atom is -0.478 e. The standard InChI is InChI=1S/C13H14N2O3/c16-13(17)9-4-3-5-11-10(9)8-14-15(11)12-6-1-2-7-18-12/h3-5,8,12H,1-2,6-7H2,(H,16,17). The fourth-order valence-electron chi connectivity index (χ4n) is 2.40. The number of fused-ring (bicyclic) bond motifs is 1. The van der Waals surface area contributed by atoms with Crippen LogP contribution >= 0.6 is 0 Å². The minimum absolute atomic E-state index is 0.0692. The van der Waals surface area contributed by atoms with E-state index in [9.17, 15) is 4.79 Å². The Balaban J connectivity index is 2.08. The lowest BCUT2D eigenvalue weighted by molar-refractivity contribution is -0.0366. The number of hydrogen-bond donors (Lipinski definition) is 1. The predicted molar refractivity (Wildman–Crippen MR) is 65.5 cm³/mol. The largest absolute Gasteiger partial charge is 0.478 e. The number of aromatic nitrogens is 2. The molecule has 1 N–H and O–H groups in total. The Labute approximate surface area is 104 Å². The zero-order valence-electron chi connectivity index (χ0n) is 9.87. The number of benzene rings is 1. The van der Waals surface area contributed by atoms with Gasteiger partial charge in [0.2, 0.25) is 0 Å². The van der Waals surface area contributed by atoms with E-state index < -0.39 is 5.97 Å². The van der Waals surface area contributed by atoms with Crippen molar-refractivity contribution in [3.63, 3.8) is 0 Å². The predicted octanol–water partition coefficient (Wildman–Crippen LogP) is 2.43. The Hall–Kier alpha value is -1.88. The van der Waals surface area contributed by atoms with Gasteiger partial charge in [0.15, 0.2) is 6.23 Å². The number of carboxylic acids is 1. The fourth-order valence-corrected chi connectivity index (χ4v) is 2.40. The van der Waals surface area contributed by atoms with Gasteiger partial charge in [-0.05, 0) is 31.4 Å². The van der Waals surface area contributed by atoms with Crippen LogP contribution in [0.25, 0.3) is 10.9 Å². The SMILES string of the molecule is O=C(O)c1cccc2c1cnn2C1CCCCO1. The maximum atomic E-state index is 11.1. The molecule has 94 valence electrons. The van der Waals surface area contributed by atoms with E-state index >= 15 is 0 Å². The maximum absolute atomic E-state index is 11.1. The lowest BCUT2D eigenvalue weighted by Gasteiger charge is -2.23. The van der Waals surface area contributed by atoms with E-state index in [0.717, 1.165) is 31.4 Å². The third-order valence-corrected chi connectivity index (χ3v) is 3.30. The summed E-state index contributed by atoms with van der Waals surface area (Å²) >= 11 is 0. The third kappa shape index (κ3) is 1.76. The summed E-state index contributed by atoms with van der Waals surface area (Å²) in [6.45, 7) is 0.741. The average Bonchev–Trinajstić information content (AvgIpc) is 2.83. The van der Waals surface area contributed by atoms with E-state index in [1.54, 1.807) is 23.0 Å². The first kappa shape index (κ1) is 11.2. The molecule has 1 aromatic heterocycles. The lowest BCUT2D eigenvalue weighted by Crippen LogP contribution is -2.18. The molecular weight excluding hydrogens is 232 g/mol. The van der Waals surface area contributed by atoms with Gasteiger partial charge in [-0.1, -0.05) is 6.07 Å². The summed E-state index contributed by atoms with van der Waals surface area (Å²) in [5.41, 5.74) is 1.11. The van der Waals surface area contributed by atoms with Gasteiger partial charge in [0.05, 0.1) is 17.3 Å². The van der Waals surface area contributed by atoms with Crippen LogP contribution in [0.5, 0.6) is 0 Å². The molecule has 2 heterocycles. The Morgan fingerprint density at radius 1 is 1.44 bits per heavy atom. The van der Waals surface area contributed by atoms with Gasteiger partial charge in [-0.3, -0.25) is 0 Å². The van der Waals surface area contributed by atoms with E-state index in [1.807, 2.05) is 6.07 Å². The summed E-state index contributed by atoms with van der Waals surface area (Å²) in [5.74, 6) is -0.926. The Kier molecular flexibility index (Phi) is 2.76. The van der Waals surface area contributed by atoms with Gasteiger partial charge >= 0.3 is 5.97 Å². The van der Waals surface area contributed by atoms with Crippen LogP contribution in [0, 0.1) is 0 Å². The van der Waals surface area contributed by atoms with Crippen LogP contribution in [0.3, 0.4) is 0 Å². The number of nitrogens with zero attached hydrogens (tertiary/aromatic N) is 2. The molecule has 0 bridgehead atoms. The minimum atomic E-state index is -0.926. The van der Waals surface area contributed by atoms with Crippen LogP contribution in [0.2, 0.25) is 0 Å². The van der Waals surface area contributed by atoms with E-state index in [4.69, 9.17) is 9.84 Å². The quantitative estimate of drug-likeness (QED) is 0.883. The van der Waals surface area contributed by atoms with E-state index in [1.165, 1.54) is 0 Å². The second-order valence-electron chi connectivity index (χ2n) is 4.45. The Morgan fingerprint density at radius 3 is 3.06 bits per heavy atom. The summed E-state index contributed by atoms with van der Waals surface area (Å²) in [5, 5.41) is 14.1. The van der Waals surface area contributed by atoms with Gasteiger partial charge in [0.25, 0.3) is 0 Å². The van der Waals surface area contributed by atoms with Gasteiger partial charge in [-0.15, -0.1) is 0 Å². The molecule has 1 aromatic carbocycles. The molecule has 18 heavy (non-hydrogen) atoms. The van der Waals surface area contributed by atoms with Crippen LogP contribution in [0.1, 0.15) is 35.8 Å². The second kappa shape index (κ2) is 4.42. The van der Waals surface area contributed by atoms with Gasteiger partial charge in [-0.25, -0.2) is 9.48 Å². The number of aromatic carboxylic acids is 1. The molecule has 0 radical (unpaired) electrons. The first-order chi connectivity index (χ1) is 8.77. The fraction of sp³-hybridized carbons (Fsp3) is 0.385. The molecule has 5 nitrogen and oxygen atoms in total. The van der Waals surface area contributed by atoms with Crippen molar-refractivity contribution in [2.45, 2.75) is 25.5 Å². The molecule has 1 unspecified atom stereocenters. The highest BCUT2D eigenvalue weighted by atomic mass is 16.5. The normalized spacial score (nSPS) is 20.1. The topological polar surface area (TPSA) is 64.3 Å². The number of carboxylic acid groups (broad SMARTS) is 1. The molecule has 1 atom stereocenters. The van der Waals surface area contributed by atoms with Crippen molar-refractivity contribution in [2.75, 3.05) is 6.61 Å². The summed E-state index contributed by atoms with van der Waals surface area (Å²) < 4.78 is 7.48. The smallest absolute Gasteiger partial charge is 0.336 e. The molecule has 0 amide bonds. The van der Waals surface area contributed by atoms with Crippen LogP contribution in [0.4, 0.5) is 0 Å². The Bertz CT molecular complexity index is 585. The molecule has 0 aliphatic carbocycles. The van der Waals surface area contributed by atoms with Crippen molar-refractivity contribution in [1.82, 2.24) is 9.78 Å². The van der Waals surface area contributed by atoms with Crippen molar-refractivity contribution in [1.29, 1.82) is 0 Å². The van der Waals surface area contributed by atoms with Crippen molar-refractivity contribution < 1.29 is 14.6 Å². The number of carbonyl (C=O) groups is 1. The van der Waals surface area contributed by atoms with E-state index in [2.05, 4.69) is 5.10 Å². The molecule has 5 heteroatoms. The molecule has 1 saturated heterocycles. The van der Waals surface area contributed by atoms with Crippen molar-refractivity contribution in [3.05, 3.63) is 30.0 Å². The monoisotopic (exact) mass is 246 g/mol. The summed E-state index contributed by atoms with van der Waals surface area (Å²) in [7, 11) is 0.